The van der Waals surface area contributed by atoms with Gasteiger partial charge in [-0.1, -0.05) is 0 Å². The number of sulfonamides is 2. The molecule has 1 aromatic rings. The van der Waals surface area contributed by atoms with E-state index in [1.165, 1.54) is 33.5 Å². The van der Waals surface area contributed by atoms with Crippen LogP contribution in [0.25, 0.3) is 0 Å². The first-order chi connectivity index (χ1) is 13.1. The molecule has 158 valence electrons. The second-order valence-corrected chi connectivity index (χ2v) is 10.2. The fourth-order valence-electron chi connectivity index (χ4n) is 2.92. The van der Waals surface area contributed by atoms with E-state index in [0.29, 0.717) is 26.3 Å². The Hall–Kier alpha value is -1.69. The fraction of sp³-hybridized carbons (Fsp3) is 0.588. The number of carbonyl (C=O) groups is 1. The lowest BCUT2D eigenvalue weighted by Crippen LogP contribution is -2.42. The molecule has 11 heteroatoms. The van der Waals surface area contributed by atoms with Crippen molar-refractivity contribution in [3.63, 3.8) is 0 Å². The van der Waals surface area contributed by atoms with Gasteiger partial charge in [0.25, 0.3) is 0 Å². The highest BCUT2D eigenvalue weighted by Crippen LogP contribution is 2.23. The average Bonchev–Trinajstić information content (AvgIpc) is 2.67. The number of benzene rings is 1. The first-order valence-corrected chi connectivity index (χ1v) is 12.3. The van der Waals surface area contributed by atoms with Gasteiger partial charge in [-0.3, -0.25) is 9.10 Å². The van der Waals surface area contributed by atoms with E-state index in [1.807, 2.05) is 13.8 Å². The molecule has 1 heterocycles. The summed E-state index contributed by atoms with van der Waals surface area (Å²) in [6, 6.07) is 5.54. The number of likely N-dealkylation sites (N-methyl/N-ethyl adjacent to an activating group) is 1. The van der Waals surface area contributed by atoms with Crippen LogP contribution >= 0.6 is 0 Å². The van der Waals surface area contributed by atoms with Crippen LogP contribution in [0.2, 0.25) is 0 Å². The molecular formula is C17H27N3O6S2. The molecule has 0 bridgehead atoms. The molecule has 0 N–H and O–H groups in total. The molecular weight excluding hydrogens is 406 g/mol. The summed E-state index contributed by atoms with van der Waals surface area (Å²) in [7, 11) is -7.40. The standard InChI is InChI=1S/C17H27N3O6S2/c1-4-18(5-2)17(21)14-20(27(3,22)23)15-6-8-16(9-7-15)28(24,25)19-10-12-26-13-11-19/h6-9H,4-5,10-14H2,1-3H3. The van der Waals surface area contributed by atoms with Gasteiger partial charge in [0.15, 0.2) is 0 Å². The van der Waals surface area contributed by atoms with E-state index in [2.05, 4.69) is 0 Å². The number of hydrogen-bond donors (Lipinski definition) is 0. The predicted octanol–water partition coefficient (Wildman–Crippen LogP) is 0.342. The zero-order chi connectivity index (χ0) is 20.9. The summed E-state index contributed by atoms with van der Waals surface area (Å²) in [4.78, 5) is 14.0. The predicted molar refractivity (Wildman–Crippen MR) is 106 cm³/mol. The van der Waals surface area contributed by atoms with Gasteiger partial charge >= 0.3 is 0 Å². The van der Waals surface area contributed by atoms with Crippen LogP contribution in [0.3, 0.4) is 0 Å². The number of carbonyl (C=O) groups excluding carboxylic acids is 1. The van der Waals surface area contributed by atoms with Gasteiger partial charge in [0, 0.05) is 26.2 Å². The number of nitrogens with zero attached hydrogens (tertiary/aromatic N) is 3. The lowest BCUT2D eigenvalue weighted by Gasteiger charge is -2.27. The second kappa shape index (κ2) is 9.21. The van der Waals surface area contributed by atoms with Gasteiger partial charge in [-0.05, 0) is 38.1 Å². The van der Waals surface area contributed by atoms with Gasteiger partial charge in [-0.25, -0.2) is 16.8 Å². The molecule has 0 saturated carbocycles. The molecule has 28 heavy (non-hydrogen) atoms. The van der Waals surface area contributed by atoms with Gasteiger partial charge < -0.3 is 9.64 Å². The lowest BCUT2D eigenvalue weighted by atomic mass is 10.3. The van der Waals surface area contributed by atoms with Crippen molar-refractivity contribution in [1.29, 1.82) is 0 Å². The third-order valence-corrected chi connectivity index (χ3v) is 7.58. The van der Waals surface area contributed by atoms with Gasteiger partial charge in [-0.2, -0.15) is 4.31 Å². The Balaban J connectivity index is 2.28. The van der Waals surface area contributed by atoms with Gasteiger partial charge in [0.1, 0.15) is 6.54 Å². The summed E-state index contributed by atoms with van der Waals surface area (Å²) >= 11 is 0. The van der Waals surface area contributed by atoms with Crippen molar-refractivity contribution in [1.82, 2.24) is 9.21 Å². The normalized spacial score (nSPS) is 16.0. The number of ether oxygens (including phenoxy) is 1. The minimum Gasteiger partial charge on any atom is -0.379 e. The minimum atomic E-state index is -3.72. The Morgan fingerprint density at radius 1 is 1.04 bits per heavy atom. The summed E-state index contributed by atoms with van der Waals surface area (Å²) in [6.07, 6.45) is 1.01. The minimum absolute atomic E-state index is 0.0710. The fourth-order valence-corrected chi connectivity index (χ4v) is 5.18. The Labute approximate surface area is 167 Å². The van der Waals surface area contributed by atoms with Crippen molar-refractivity contribution in [3.8, 4) is 0 Å². The van der Waals surface area contributed by atoms with Crippen LogP contribution in [0.5, 0.6) is 0 Å². The molecule has 1 fully saturated rings. The SMILES string of the molecule is CCN(CC)C(=O)CN(c1ccc(S(=O)(=O)N2CCOCC2)cc1)S(C)(=O)=O. The average molecular weight is 434 g/mol. The van der Waals surface area contributed by atoms with E-state index in [-0.39, 0.29) is 36.1 Å². The van der Waals surface area contributed by atoms with E-state index >= 15 is 0 Å². The molecule has 0 atom stereocenters. The highest BCUT2D eigenvalue weighted by atomic mass is 32.2. The smallest absolute Gasteiger partial charge is 0.243 e. The van der Waals surface area contributed by atoms with Crippen molar-refractivity contribution < 1.29 is 26.4 Å². The number of hydrogen-bond acceptors (Lipinski definition) is 6. The Bertz CT molecular complexity index is 874. The molecule has 2 rings (SSSR count). The molecule has 1 amide bonds. The molecule has 1 aromatic carbocycles. The second-order valence-electron chi connectivity index (χ2n) is 6.35. The van der Waals surface area contributed by atoms with Crippen LogP contribution in [0.15, 0.2) is 29.2 Å². The highest BCUT2D eigenvalue weighted by molar-refractivity contribution is 7.92. The largest absolute Gasteiger partial charge is 0.379 e. The van der Waals surface area contributed by atoms with Crippen molar-refractivity contribution >= 4 is 31.6 Å². The highest BCUT2D eigenvalue weighted by Gasteiger charge is 2.27. The summed E-state index contributed by atoms with van der Waals surface area (Å²) in [5, 5.41) is 0. The van der Waals surface area contributed by atoms with Crippen LogP contribution < -0.4 is 4.31 Å². The molecule has 1 aliphatic rings. The summed E-state index contributed by atoms with van der Waals surface area (Å²) in [5.41, 5.74) is 0.240. The number of anilines is 1. The van der Waals surface area contributed by atoms with Crippen LogP contribution in [-0.4, -0.2) is 84.1 Å². The maximum Gasteiger partial charge on any atom is 0.243 e. The Kier molecular flexibility index (Phi) is 7.43. The van der Waals surface area contributed by atoms with Gasteiger partial charge in [-0.15, -0.1) is 0 Å². The van der Waals surface area contributed by atoms with Crippen LogP contribution in [-0.2, 0) is 29.6 Å². The molecule has 0 radical (unpaired) electrons. The van der Waals surface area contributed by atoms with Crippen molar-refractivity contribution in [2.24, 2.45) is 0 Å². The van der Waals surface area contributed by atoms with Crippen LogP contribution in [0.1, 0.15) is 13.8 Å². The summed E-state index contributed by atoms with van der Waals surface area (Å²) < 4.78 is 57.3. The summed E-state index contributed by atoms with van der Waals surface area (Å²) in [5.74, 6) is -0.319. The molecule has 0 aromatic heterocycles. The lowest BCUT2D eigenvalue weighted by molar-refractivity contribution is -0.129. The molecule has 0 spiro atoms. The quantitative estimate of drug-likeness (QED) is 0.586. The van der Waals surface area contributed by atoms with Crippen LogP contribution in [0, 0.1) is 0 Å². The third-order valence-electron chi connectivity index (χ3n) is 4.53. The first-order valence-electron chi connectivity index (χ1n) is 9.04. The maximum atomic E-state index is 12.7. The number of amides is 1. The van der Waals surface area contributed by atoms with E-state index < -0.39 is 20.0 Å². The van der Waals surface area contributed by atoms with E-state index in [4.69, 9.17) is 4.74 Å². The zero-order valence-electron chi connectivity index (χ0n) is 16.4. The Morgan fingerprint density at radius 3 is 2.04 bits per heavy atom. The van der Waals surface area contributed by atoms with Gasteiger partial charge in [0.2, 0.25) is 26.0 Å². The molecule has 9 nitrogen and oxygen atoms in total. The molecule has 1 aliphatic heterocycles. The molecule has 1 saturated heterocycles. The zero-order valence-corrected chi connectivity index (χ0v) is 18.0. The van der Waals surface area contributed by atoms with E-state index in [0.717, 1.165) is 10.6 Å². The number of morpholine rings is 1. The Morgan fingerprint density at radius 2 is 1.57 bits per heavy atom. The molecule has 0 unspecified atom stereocenters. The topological polar surface area (TPSA) is 104 Å². The van der Waals surface area contributed by atoms with Gasteiger partial charge in [0.05, 0.1) is 30.1 Å². The van der Waals surface area contributed by atoms with Crippen molar-refractivity contribution in [2.75, 3.05) is 56.5 Å². The maximum absolute atomic E-state index is 12.7. The first kappa shape index (κ1) is 22.6. The van der Waals surface area contributed by atoms with Crippen molar-refractivity contribution in [2.45, 2.75) is 18.7 Å². The van der Waals surface area contributed by atoms with Crippen LogP contribution in [0.4, 0.5) is 5.69 Å². The summed E-state index contributed by atoms with van der Waals surface area (Å²) in [6.45, 7) is 5.48. The van der Waals surface area contributed by atoms with E-state index in [1.54, 1.807) is 0 Å². The monoisotopic (exact) mass is 433 g/mol. The molecule has 0 aliphatic carbocycles. The number of rotatable bonds is 8. The third kappa shape index (κ3) is 5.22. The van der Waals surface area contributed by atoms with Crippen molar-refractivity contribution in [3.05, 3.63) is 24.3 Å². The van der Waals surface area contributed by atoms with E-state index in [9.17, 15) is 21.6 Å².